The number of piperidine rings is 2. The summed E-state index contributed by atoms with van der Waals surface area (Å²) in [6, 6.07) is 4.74. The van der Waals surface area contributed by atoms with Crippen molar-refractivity contribution in [2.45, 2.75) is 50.8 Å². The van der Waals surface area contributed by atoms with Gasteiger partial charge in [0.1, 0.15) is 5.75 Å². The third kappa shape index (κ3) is 5.71. The number of carbonyl (C=O) groups excluding carboxylic acids is 1. The number of ether oxygens (including phenoxy) is 1. The van der Waals surface area contributed by atoms with Gasteiger partial charge < -0.3 is 10.1 Å². The summed E-state index contributed by atoms with van der Waals surface area (Å²) in [7, 11) is -3.57. The molecule has 0 bridgehead atoms. The van der Waals surface area contributed by atoms with Gasteiger partial charge in [0.2, 0.25) is 15.9 Å². The van der Waals surface area contributed by atoms with Gasteiger partial charge in [0.15, 0.2) is 0 Å². The lowest BCUT2D eigenvalue weighted by Crippen LogP contribution is -2.39. The standard InChI is InChI=1S/C21H33N3O4S/c1-3-28-20-10-9-18(29(26,27)24-12-5-4-6-13-24)14-19(20)22-21(25)16-23-11-7-8-17(2)15-23/h9-10,14,17H,3-8,11-13,15-16H2,1-2H3,(H,22,25)/t17-/m0/s1. The van der Waals surface area contributed by atoms with Crippen molar-refractivity contribution in [2.24, 2.45) is 5.92 Å². The van der Waals surface area contributed by atoms with Crippen LogP contribution >= 0.6 is 0 Å². The van der Waals surface area contributed by atoms with Gasteiger partial charge >= 0.3 is 0 Å². The number of nitrogens with one attached hydrogen (secondary N) is 1. The number of hydrogen-bond donors (Lipinski definition) is 1. The number of hydrogen-bond acceptors (Lipinski definition) is 5. The van der Waals surface area contributed by atoms with Crippen LogP contribution in [-0.4, -0.2) is 62.9 Å². The Morgan fingerprint density at radius 3 is 2.62 bits per heavy atom. The minimum atomic E-state index is -3.57. The molecule has 2 aliphatic rings. The van der Waals surface area contributed by atoms with Crippen LogP contribution < -0.4 is 10.1 Å². The summed E-state index contributed by atoms with van der Waals surface area (Å²) in [5.41, 5.74) is 0.417. The first-order valence-corrected chi connectivity index (χ1v) is 12.1. The van der Waals surface area contributed by atoms with Crippen molar-refractivity contribution in [3.05, 3.63) is 18.2 Å². The maximum atomic E-state index is 13.0. The van der Waals surface area contributed by atoms with E-state index < -0.39 is 10.0 Å². The molecule has 1 N–H and O–H groups in total. The lowest BCUT2D eigenvalue weighted by molar-refractivity contribution is -0.117. The summed E-state index contributed by atoms with van der Waals surface area (Å²) in [5, 5.41) is 2.88. The molecule has 3 rings (SSSR count). The van der Waals surface area contributed by atoms with Gasteiger partial charge in [-0.3, -0.25) is 9.69 Å². The normalized spacial score (nSPS) is 21.7. The van der Waals surface area contributed by atoms with Gasteiger partial charge in [0, 0.05) is 19.6 Å². The molecule has 0 unspecified atom stereocenters. The van der Waals surface area contributed by atoms with Crippen LogP contribution in [0, 0.1) is 5.92 Å². The average Bonchev–Trinajstić information content (AvgIpc) is 2.70. The highest BCUT2D eigenvalue weighted by atomic mass is 32.2. The number of anilines is 1. The van der Waals surface area contributed by atoms with Crippen LogP contribution in [0.5, 0.6) is 5.75 Å². The van der Waals surface area contributed by atoms with Crippen molar-refractivity contribution >= 4 is 21.6 Å². The molecule has 0 aromatic heterocycles. The largest absolute Gasteiger partial charge is 0.492 e. The van der Waals surface area contributed by atoms with Crippen molar-refractivity contribution in [3.8, 4) is 5.75 Å². The second-order valence-electron chi connectivity index (χ2n) is 8.09. The molecule has 8 heteroatoms. The van der Waals surface area contributed by atoms with E-state index in [9.17, 15) is 13.2 Å². The lowest BCUT2D eigenvalue weighted by Gasteiger charge is -2.30. The van der Waals surface area contributed by atoms with E-state index in [4.69, 9.17) is 4.74 Å². The molecule has 1 aromatic carbocycles. The highest BCUT2D eigenvalue weighted by molar-refractivity contribution is 7.89. The molecule has 0 spiro atoms. The smallest absolute Gasteiger partial charge is 0.243 e. The fourth-order valence-electron chi connectivity index (χ4n) is 4.13. The molecule has 2 heterocycles. The Labute approximate surface area is 174 Å². The van der Waals surface area contributed by atoms with Crippen molar-refractivity contribution in [2.75, 3.05) is 44.6 Å². The van der Waals surface area contributed by atoms with E-state index in [1.165, 1.54) is 16.8 Å². The minimum Gasteiger partial charge on any atom is -0.492 e. The molecular formula is C21H33N3O4S. The third-order valence-corrected chi connectivity index (χ3v) is 7.48. The fraction of sp³-hybridized carbons (Fsp3) is 0.667. The molecular weight excluding hydrogens is 390 g/mol. The number of likely N-dealkylation sites (tertiary alicyclic amines) is 1. The molecule has 1 amide bonds. The Balaban J connectivity index is 1.76. The summed E-state index contributed by atoms with van der Waals surface area (Å²) < 4.78 is 33.2. The first-order valence-electron chi connectivity index (χ1n) is 10.7. The SMILES string of the molecule is CCOc1ccc(S(=O)(=O)N2CCCCC2)cc1NC(=O)CN1CCC[C@H](C)C1. The second-order valence-corrected chi connectivity index (χ2v) is 10.0. The Bertz CT molecular complexity index is 806. The number of rotatable bonds is 7. The minimum absolute atomic E-state index is 0.146. The number of sulfonamides is 1. The quantitative estimate of drug-likeness (QED) is 0.729. The molecule has 1 atom stereocenters. The molecule has 2 saturated heterocycles. The molecule has 2 fully saturated rings. The van der Waals surface area contributed by atoms with Crippen LogP contribution in [0.25, 0.3) is 0 Å². The van der Waals surface area contributed by atoms with E-state index in [1.54, 1.807) is 12.1 Å². The van der Waals surface area contributed by atoms with Gasteiger partial charge in [0.05, 0.1) is 23.7 Å². The summed E-state index contributed by atoms with van der Waals surface area (Å²) in [4.78, 5) is 15.0. The van der Waals surface area contributed by atoms with E-state index in [-0.39, 0.29) is 10.8 Å². The molecule has 2 aliphatic heterocycles. The Kier molecular flexibility index (Phi) is 7.54. The predicted molar refractivity (Wildman–Crippen MR) is 114 cm³/mol. The van der Waals surface area contributed by atoms with E-state index in [0.29, 0.717) is 43.6 Å². The zero-order valence-electron chi connectivity index (χ0n) is 17.5. The first-order chi connectivity index (χ1) is 13.9. The Morgan fingerprint density at radius 2 is 1.93 bits per heavy atom. The third-order valence-electron chi connectivity index (χ3n) is 5.59. The molecule has 162 valence electrons. The number of carbonyl (C=O) groups is 1. The van der Waals surface area contributed by atoms with Crippen LogP contribution in [0.2, 0.25) is 0 Å². The molecule has 0 saturated carbocycles. The average molecular weight is 424 g/mol. The van der Waals surface area contributed by atoms with E-state index in [2.05, 4.69) is 17.1 Å². The van der Waals surface area contributed by atoms with E-state index in [1.807, 2.05) is 6.92 Å². The van der Waals surface area contributed by atoms with Crippen molar-refractivity contribution in [3.63, 3.8) is 0 Å². The van der Waals surface area contributed by atoms with Crippen LogP contribution in [0.4, 0.5) is 5.69 Å². The van der Waals surface area contributed by atoms with Gasteiger partial charge in [-0.25, -0.2) is 8.42 Å². The Morgan fingerprint density at radius 1 is 1.17 bits per heavy atom. The molecule has 7 nitrogen and oxygen atoms in total. The van der Waals surface area contributed by atoms with Crippen molar-refractivity contribution in [1.29, 1.82) is 0 Å². The van der Waals surface area contributed by atoms with Gasteiger partial charge in [-0.15, -0.1) is 0 Å². The summed E-state index contributed by atoms with van der Waals surface area (Å²) in [6.07, 6.45) is 5.12. The van der Waals surface area contributed by atoms with Gasteiger partial charge in [0.25, 0.3) is 0 Å². The molecule has 29 heavy (non-hydrogen) atoms. The van der Waals surface area contributed by atoms with Gasteiger partial charge in [-0.1, -0.05) is 13.3 Å². The number of nitrogens with zero attached hydrogens (tertiary/aromatic N) is 2. The summed E-state index contributed by atoms with van der Waals surface area (Å²) >= 11 is 0. The predicted octanol–water partition coefficient (Wildman–Crippen LogP) is 2.93. The van der Waals surface area contributed by atoms with Crippen LogP contribution in [0.15, 0.2) is 23.1 Å². The van der Waals surface area contributed by atoms with E-state index >= 15 is 0 Å². The first kappa shape index (κ1) is 22.1. The maximum absolute atomic E-state index is 13.0. The summed E-state index contributed by atoms with van der Waals surface area (Å²) in [6.45, 7) is 7.72. The van der Waals surface area contributed by atoms with Crippen LogP contribution in [-0.2, 0) is 14.8 Å². The van der Waals surface area contributed by atoms with Gasteiger partial charge in [-0.2, -0.15) is 4.31 Å². The molecule has 1 aromatic rings. The van der Waals surface area contributed by atoms with Crippen LogP contribution in [0.3, 0.4) is 0 Å². The molecule has 0 radical (unpaired) electrons. The lowest BCUT2D eigenvalue weighted by atomic mass is 10.0. The van der Waals surface area contributed by atoms with E-state index in [0.717, 1.165) is 38.8 Å². The van der Waals surface area contributed by atoms with Crippen LogP contribution in [0.1, 0.15) is 46.0 Å². The number of benzene rings is 1. The second kappa shape index (κ2) is 9.91. The fourth-order valence-corrected chi connectivity index (χ4v) is 5.67. The topological polar surface area (TPSA) is 79.0 Å². The monoisotopic (exact) mass is 423 g/mol. The number of amides is 1. The zero-order valence-corrected chi connectivity index (χ0v) is 18.3. The highest BCUT2D eigenvalue weighted by Crippen LogP contribution is 2.30. The highest BCUT2D eigenvalue weighted by Gasteiger charge is 2.27. The van der Waals surface area contributed by atoms with Crippen molar-refractivity contribution in [1.82, 2.24) is 9.21 Å². The maximum Gasteiger partial charge on any atom is 0.243 e. The van der Waals surface area contributed by atoms with Gasteiger partial charge in [-0.05, 0) is 63.3 Å². The Hall–Kier alpha value is -1.64. The zero-order chi connectivity index (χ0) is 20.9. The summed E-state index contributed by atoms with van der Waals surface area (Å²) in [5.74, 6) is 0.937. The van der Waals surface area contributed by atoms with Crippen molar-refractivity contribution < 1.29 is 17.9 Å². The molecule has 0 aliphatic carbocycles.